The van der Waals surface area contributed by atoms with E-state index in [1.807, 2.05) is 24.3 Å². The summed E-state index contributed by atoms with van der Waals surface area (Å²) in [6, 6.07) is 10.1. The van der Waals surface area contributed by atoms with Crippen LogP contribution in [0.4, 0.5) is 0 Å². The zero-order chi connectivity index (χ0) is 13.8. The lowest BCUT2D eigenvalue weighted by molar-refractivity contribution is 0.0954. The highest BCUT2D eigenvalue weighted by molar-refractivity contribution is 6.05. The molecule has 1 aromatic carbocycles. The Morgan fingerprint density at radius 1 is 1.35 bits per heavy atom. The Bertz CT molecular complexity index is 600. The molecule has 1 saturated heterocycles. The van der Waals surface area contributed by atoms with E-state index in [0.29, 0.717) is 18.2 Å². The fourth-order valence-corrected chi connectivity index (χ4v) is 2.75. The molecule has 1 amide bonds. The van der Waals surface area contributed by atoms with Crippen molar-refractivity contribution in [1.29, 1.82) is 0 Å². The first-order valence-corrected chi connectivity index (χ1v) is 7.20. The maximum absolute atomic E-state index is 12.3. The number of benzene rings is 1. The average Bonchev–Trinajstić information content (AvgIpc) is 3.00. The van der Waals surface area contributed by atoms with Gasteiger partial charge in [-0.3, -0.25) is 9.78 Å². The number of hydrogen-bond donors (Lipinski definition) is 2. The third kappa shape index (κ3) is 2.80. The first-order valence-electron chi connectivity index (χ1n) is 7.20. The number of fused-ring (bicyclic) bond motifs is 1. The van der Waals surface area contributed by atoms with Gasteiger partial charge in [0.05, 0.1) is 11.1 Å². The molecule has 2 heterocycles. The van der Waals surface area contributed by atoms with Gasteiger partial charge in [-0.2, -0.15) is 0 Å². The van der Waals surface area contributed by atoms with Crippen LogP contribution in [0.1, 0.15) is 29.6 Å². The van der Waals surface area contributed by atoms with E-state index in [4.69, 9.17) is 0 Å². The number of para-hydroxylation sites is 1. The van der Waals surface area contributed by atoms with Crippen LogP contribution in [0.25, 0.3) is 10.9 Å². The Balaban J connectivity index is 1.66. The summed E-state index contributed by atoms with van der Waals surface area (Å²) in [5.74, 6) is -0.0124. The van der Waals surface area contributed by atoms with E-state index in [1.165, 1.54) is 12.8 Å². The molecule has 0 spiro atoms. The second kappa shape index (κ2) is 6.01. The van der Waals surface area contributed by atoms with Crippen LogP contribution in [0.2, 0.25) is 0 Å². The topological polar surface area (TPSA) is 54.0 Å². The zero-order valence-electron chi connectivity index (χ0n) is 11.4. The fourth-order valence-electron chi connectivity index (χ4n) is 2.75. The van der Waals surface area contributed by atoms with Crippen molar-refractivity contribution in [3.63, 3.8) is 0 Å². The number of aromatic nitrogens is 1. The molecule has 4 nitrogen and oxygen atoms in total. The standard InChI is InChI=1S/C16H19N3O/c20-16(19-10-7-12-4-3-9-17-12)14-8-11-18-15-6-2-1-5-13(14)15/h1-2,5-6,8,11-12,17H,3-4,7,9-10H2,(H,19,20)/t12-/m0/s1. The molecule has 1 aliphatic heterocycles. The third-order valence-corrected chi connectivity index (χ3v) is 3.83. The maximum Gasteiger partial charge on any atom is 0.252 e. The number of amides is 1. The minimum atomic E-state index is -0.0124. The zero-order valence-corrected chi connectivity index (χ0v) is 11.4. The molecule has 20 heavy (non-hydrogen) atoms. The van der Waals surface area contributed by atoms with Gasteiger partial charge in [0, 0.05) is 24.2 Å². The molecule has 104 valence electrons. The van der Waals surface area contributed by atoms with Crippen molar-refractivity contribution < 1.29 is 4.79 Å². The summed E-state index contributed by atoms with van der Waals surface area (Å²) >= 11 is 0. The third-order valence-electron chi connectivity index (χ3n) is 3.83. The average molecular weight is 269 g/mol. The normalized spacial score (nSPS) is 18.3. The van der Waals surface area contributed by atoms with Gasteiger partial charge in [-0.1, -0.05) is 18.2 Å². The molecule has 0 saturated carbocycles. The van der Waals surface area contributed by atoms with Gasteiger partial charge in [-0.25, -0.2) is 0 Å². The van der Waals surface area contributed by atoms with E-state index in [1.54, 1.807) is 12.3 Å². The Morgan fingerprint density at radius 2 is 2.25 bits per heavy atom. The van der Waals surface area contributed by atoms with Gasteiger partial charge < -0.3 is 10.6 Å². The van der Waals surface area contributed by atoms with Crippen LogP contribution in [0.5, 0.6) is 0 Å². The molecule has 2 aromatic rings. The molecule has 1 atom stereocenters. The number of hydrogen-bond acceptors (Lipinski definition) is 3. The summed E-state index contributed by atoms with van der Waals surface area (Å²) in [5, 5.41) is 7.36. The van der Waals surface area contributed by atoms with Crippen molar-refractivity contribution in [3.8, 4) is 0 Å². The van der Waals surface area contributed by atoms with E-state index >= 15 is 0 Å². The van der Waals surface area contributed by atoms with Crippen LogP contribution in [-0.2, 0) is 0 Å². The van der Waals surface area contributed by atoms with Crippen LogP contribution >= 0.6 is 0 Å². The SMILES string of the molecule is O=C(NCC[C@@H]1CCCN1)c1ccnc2ccccc12. The summed E-state index contributed by atoms with van der Waals surface area (Å²) in [4.78, 5) is 16.6. The molecule has 1 aliphatic rings. The van der Waals surface area contributed by atoms with E-state index < -0.39 is 0 Å². The highest BCUT2D eigenvalue weighted by Crippen LogP contribution is 2.16. The van der Waals surface area contributed by atoms with Crippen LogP contribution in [0, 0.1) is 0 Å². The molecule has 0 bridgehead atoms. The predicted molar refractivity (Wildman–Crippen MR) is 79.7 cm³/mol. The van der Waals surface area contributed by atoms with Gasteiger partial charge in [0.1, 0.15) is 0 Å². The van der Waals surface area contributed by atoms with Gasteiger partial charge in [0.2, 0.25) is 0 Å². The predicted octanol–water partition coefficient (Wildman–Crippen LogP) is 2.11. The number of nitrogens with one attached hydrogen (secondary N) is 2. The summed E-state index contributed by atoms with van der Waals surface area (Å²) in [6.45, 7) is 1.82. The molecule has 0 radical (unpaired) electrons. The number of pyridine rings is 1. The van der Waals surface area contributed by atoms with Crippen molar-refractivity contribution in [2.24, 2.45) is 0 Å². The highest BCUT2D eigenvalue weighted by atomic mass is 16.1. The number of carbonyl (C=O) groups is 1. The highest BCUT2D eigenvalue weighted by Gasteiger charge is 2.14. The molecule has 0 aliphatic carbocycles. The smallest absolute Gasteiger partial charge is 0.252 e. The molecule has 1 fully saturated rings. The Labute approximate surface area is 118 Å². The van der Waals surface area contributed by atoms with Crippen LogP contribution in [0.3, 0.4) is 0 Å². The quantitative estimate of drug-likeness (QED) is 0.893. The van der Waals surface area contributed by atoms with Gasteiger partial charge in [-0.15, -0.1) is 0 Å². The summed E-state index contributed by atoms with van der Waals surface area (Å²) < 4.78 is 0. The molecule has 1 aromatic heterocycles. The van der Waals surface area contributed by atoms with Gasteiger partial charge in [-0.05, 0) is 37.9 Å². The molecule has 4 heteroatoms. The first kappa shape index (κ1) is 13.1. The minimum Gasteiger partial charge on any atom is -0.352 e. The Morgan fingerprint density at radius 3 is 3.10 bits per heavy atom. The molecular weight excluding hydrogens is 250 g/mol. The van der Waals surface area contributed by atoms with Crippen molar-refractivity contribution in [2.45, 2.75) is 25.3 Å². The van der Waals surface area contributed by atoms with Crippen LogP contribution in [-0.4, -0.2) is 30.0 Å². The van der Waals surface area contributed by atoms with Crippen LogP contribution in [0.15, 0.2) is 36.5 Å². The molecule has 3 rings (SSSR count). The van der Waals surface area contributed by atoms with Gasteiger partial charge >= 0.3 is 0 Å². The second-order valence-corrected chi connectivity index (χ2v) is 5.21. The summed E-state index contributed by atoms with van der Waals surface area (Å²) in [5.41, 5.74) is 1.56. The Kier molecular flexibility index (Phi) is 3.92. The van der Waals surface area contributed by atoms with E-state index in [2.05, 4.69) is 15.6 Å². The van der Waals surface area contributed by atoms with Gasteiger partial charge in [0.15, 0.2) is 0 Å². The monoisotopic (exact) mass is 269 g/mol. The van der Waals surface area contributed by atoms with Crippen molar-refractivity contribution in [2.75, 3.05) is 13.1 Å². The van der Waals surface area contributed by atoms with Crippen LogP contribution < -0.4 is 10.6 Å². The summed E-state index contributed by atoms with van der Waals surface area (Å²) in [6.07, 6.45) is 5.15. The van der Waals surface area contributed by atoms with E-state index in [9.17, 15) is 4.79 Å². The number of nitrogens with zero attached hydrogens (tertiary/aromatic N) is 1. The van der Waals surface area contributed by atoms with Crippen molar-refractivity contribution >= 4 is 16.8 Å². The van der Waals surface area contributed by atoms with E-state index in [-0.39, 0.29) is 5.91 Å². The lowest BCUT2D eigenvalue weighted by Gasteiger charge is -2.11. The Hall–Kier alpha value is -1.94. The minimum absolute atomic E-state index is 0.0124. The fraction of sp³-hybridized carbons (Fsp3) is 0.375. The lowest BCUT2D eigenvalue weighted by Crippen LogP contribution is -2.30. The number of carbonyl (C=O) groups excluding carboxylic acids is 1. The van der Waals surface area contributed by atoms with E-state index in [0.717, 1.165) is 23.9 Å². The largest absolute Gasteiger partial charge is 0.352 e. The maximum atomic E-state index is 12.3. The molecule has 2 N–H and O–H groups in total. The number of rotatable bonds is 4. The van der Waals surface area contributed by atoms with Gasteiger partial charge in [0.25, 0.3) is 5.91 Å². The van der Waals surface area contributed by atoms with Crippen molar-refractivity contribution in [3.05, 3.63) is 42.1 Å². The van der Waals surface area contributed by atoms with Crippen molar-refractivity contribution in [1.82, 2.24) is 15.6 Å². The molecule has 0 unspecified atom stereocenters. The lowest BCUT2D eigenvalue weighted by atomic mass is 10.1. The first-order chi connectivity index (χ1) is 9.84. The molecular formula is C16H19N3O. The summed E-state index contributed by atoms with van der Waals surface area (Å²) in [7, 11) is 0. The second-order valence-electron chi connectivity index (χ2n) is 5.21.